The van der Waals surface area contributed by atoms with Gasteiger partial charge in [-0.2, -0.15) is 0 Å². The van der Waals surface area contributed by atoms with Gasteiger partial charge in [-0.3, -0.25) is 9.69 Å². The molecule has 2 bridgehead atoms. The number of fused-ring (bicyclic) bond motifs is 2. The molecule has 0 saturated carbocycles. The second-order valence-electron chi connectivity index (χ2n) is 4.51. The molecule has 92 valence electrons. The topological polar surface area (TPSA) is 50.8 Å². The van der Waals surface area contributed by atoms with E-state index in [-0.39, 0.29) is 24.0 Å². The quantitative estimate of drug-likeness (QED) is 0.702. The Morgan fingerprint density at radius 3 is 3.06 bits per heavy atom. The van der Waals surface area contributed by atoms with Crippen LogP contribution in [0.15, 0.2) is 0 Å². The Hall–Kier alpha value is -0.650. The highest BCUT2D eigenvalue weighted by molar-refractivity contribution is 5.79. The van der Waals surface area contributed by atoms with Gasteiger partial charge in [-0.25, -0.2) is 0 Å². The van der Waals surface area contributed by atoms with Crippen LogP contribution in [0.1, 0.15) is 6.42 Å². The lowest BCUT2D eigenvalue weighted by molar-refractivity contribution is -0.127. The molecular weight excluding hydrogens is 208 g/mol. The van der Waals surface area contributed by atoms with Crippen molar-refractivity contribution in [1.82, 2.24) is 10.2 Å². The Kier molecular flexibility index (Phi) is 3.78. The zero-order valence-electron chi connectivity index (χ0n) is 9.94. The Morgan fingerprint density at radius 2 is 2.38 bits per heavy atom. The van der Waals surface area contributed by atoms with Gasteiger partial charge in [-0.15, -0.1) is 0 Å². The number of amides is 1. The summed E-state index contributed by atoms with van der Waals surface area (Å²) in [5, 5.41) is 2.72. The van der Waals surface area contributed by atoms with Crippen LogP contribution in [0.4, 0.5) is 0 Å². The minimum absolute atomic E-state index is 0.0301. The second kappa shape index (κ2) is 5.12. The highest BCUT2D eigenvalue weighted by atomic mass is 16.5. The van der Waals surface area contributed by atoms with Gasteiger partial charge < -0.3 is 14.8 Å². The summed E-state index contributed by atoms with van der Waals surface area (Å²) in [6.07, 6.45) is 1.14. The van der Waals surface area contributed by atoms with Gasteiger partial charge in [0.25, 0.3) is 0 Å². The summed E-state index contributed by atoms with van der Waals surface area (Å²) in [7, 11) is 3.40. The van der Waals surface area contributed by atoms with E-state index in [4.69, 9.17) is 9.47 Å². The number of methoxy groups -OCH3 is 1. The van der Waals surface area contributed by atoms with Crippen molar-refractivity contribution in [3.63, 3.8) is 0 Å². The number of likely N-dealkylation sites (tertiary alicyclic amines) is 1. The molecule has 1 N–H and O–H groups in total. The highest BCUT2D eigenvalue weighted by Gasteiger charge is 2.44. The maximum Gasteiger partial charge on any atom is 0.225 e. The van der Waals surface area contributed by atoms with E-state index in [1.165, 1.54) is 0 Å². The van der Waals surface area contributed by atoms with Crippen LogP contribution in [-0.2, 0) is 14.3 Å². The van der Waals surface area contributed by atoms with Crippen LogP contribution in [0, 0.1) is 5.92 Å². The summed E-state index contributed by atoms with van der Waals surface area (Å²) >= 11 is 0. The first-order valence-electron chi connectivity index (χ1n) is 5.83. The smallest absolute Gasteiger partial charge is 0.225 e. The minimum Gasteiger partial charge on any atom is -0.383 e. The van der Waals surface area contributed by atoms with Gasteiger partial charge in [-0.1, -0.05) is 0 Å². The summed E-state index contributed by atoms with van der Waals surface area (Å²) in [6, 6.07) is 0. The average molecular weight is 228 g/mol. The molecule has 2 rings (SSSR count). The van der Waals surface area contributed by atoms with Gasteiger partial charge in [0.1, 0.15) is 0 Å². The van der Waals surface area contributed by atoms with Crippen molar-refractivity contribution in [1.29, 1.82) is 0 Å². The molecule has 0 spiro atoms. The van der Waals surface area contributed by atoms with Gasteiger partial charge >= 0.3 is 0 Å². The van der Waals surface area contributed by atoms with E-state index in [1.807, 2.05) is 0 Å². The van der Waals surface area contributed by atoms with Crippen LogP contribution >= 0.6 is 0 Å². The third-order valence-electron chi connectivity index (χ3n) is 3.43. The van der Waals surface area contributed by atoms with Gasteiger partial charge in [0.05, 0.1) is 24.7 Å². The summed E-state index contributed by atoms with van der Waals surface area (Å²) < 4.78 is 10.9. The zero-order chi connectivity index (χ0) is 11.5. The summed E-state index contributed by atoms with van der Waals surface area (Å²) in [5.41, 5.74) is 0. The minimum atomic E-state index is 0.0301. The number of morpholine rings is 1. The number of nitrogens with one attached hydrogen (secondary N) is 1. The largest absolute Gasteiger partial charge is 0.383 e. The predicted octanol–water partition coefficient (Wildman–Crippen LogP) is -0.532. The van der Waals surface area contributed by atoms with Gasteiger partial charge in [0.2, 0.25) is 5.91 Å². The van der Waals surface area contributed by atoms with E-state index in [2.05, 4.69) is 10.2 Å². The van der Waals surface area contributed by atoms with Crippen molar-refractivity contribution >= 4 is 5.91 Å². The first kappa shape index (κ1) is 11.8. The molecule has 16 heavy (non-hydrogen) atoms. The first-order valence-corrected chi connectivity index (χ1v) is 5.83. The Bertz CT molecular complexity index is 260. The maximum absolute atomic E-state index is 11.6. The van der Waals surface area contributed by atoms with E-state index in [9.17, 15) is 4.79 Å². The average Bonchev–Trinajstić information content (AvgIpc) is 2.61. The normalized spacial score (nSPS) is 34.0. The van der Waals surface area contributed by atoms with Crippen molar-refractivity contribution < 1.29 is 14.3 Å². The van der Waals surface area contributed by atoms with E-state index in [1.54, 1.807) is 14.2 Å². The van der Waals surface area contributed by atoms with Crippen molar-refractivity contribution in [2.45, 2.75) is 18.6 Å². The monoisotopic (exact) mass is 228 g/mol. The number of carbonyl (C=O) groups excluding carboxylic acids is 1. The lowest BCUT2D eigenvalue weighted by Crippen LogP contribution is -2.46. The third-order valence-corrected chi connectivity index (χ3v) is 3.43. The van der Waals surface area contributed by atoms with Crippen molar-refractivity contribution in [2.75, 3.05) is 40.4 Å². The molecular formula is C11H20N2O3. The summed E-state index contributed by atoms with van der Waals surface area (Å²) in [5.74, 6) is 0.142. The third kappa shape index (κ3) is 2.36. The van der Waals surface area contributed by atoms with Crippen LogP contribution in [0.5, 0.6) is 0 Å². The van der Waals surface area contributed by atoms with Crippen LogP contribution in [0.2, 0.25) is 0 Å². The Morgan fingerprint density at radius 1 is 1.56 bits per heavy atom. The fraction of sp³-hybridized carbons (Fsp3) is 0.909. The van der Waals surface area contributed by atoms with Crippen molar-refractivity contribution in [2.24, 2.45) is 5.92 Å². The SMILES string of the molecule is CNC(=O)[C@H]1C[C@H]2CN(CCOC)C[C@H]1O2. The molecule has 1 amide bonds. The second-order valence-corrected chi connectivity index (χ2v) is 4.51. The number of hydrogen-bond acceptors (Lipinski definition) is 4. The predicted molar refractivity (Wildman–Crippen MR) is 59.2 cm³/mol. The lowest BCUT2D eigenvalue weighted by Gasteiger charge is -2.32. The van der Waals surface area contributed by atoms with Crippen LogP contribution in [0.25, 0.3) is 0 Å². The van der Waals surface area contributed by atoms with Crippen LogP contribution < -0.4 is 5.32 Å². The standard InChI is InChI=1S/C11H20N2O3/c1-12-11(14)9-5-8-6-13(3-4-15-2)7-10(9)16-8/h8-10H,3-7H2,1-2H3,(H,12,14)/t8-,9-,10+/m0/s1. The molecule has 0 aromatic carbocycles. The van der Waals surface area contributed by atoms with Gasteiger partial charge in [-0.05, 0) is 6.42 Å². The van der Waals surface area contributed by atoms with Crippen molar-refractivity contribution in [3.8, 4) is 0 Å². The van der Waals surface area contributed by atoms with Gasteiger partial charge in [0.15, 0.2) is 0 Å². The molecule has 2 aliphatic heterocycles. The number of nitrogens with zero attached hydrogens (tertiary/aromatic N) is 1. The maximum atomic E-state index is 11.6. The number of hydrogen-bond donors (Lipinski definition) is 1. The molecule has 0 aromatic heterocycles. The Labute approximate surface area is 96.1 Å². The molecule has 0 radical (unpaired) electrons. The highest BCUT2D eigenvalue weighted by Crippen LogP contribution is 2.31. The van der Waals surface area contributed by atoms with E-state index in [0.29, 0.717) is 0 Å². The lowest BCUT2D eigenvalue weighted by atomic mass is 10.00. The van der Waals surface area contributed by atoms with Gasteiger partial charge in [0, 0.05) is 33.8 Å². The summed E-state index contributed by atoms with van der Waals surface area (Å²) in [4.78, 5) is 14.0. The zero-order valence-corrected chi connectivity index (χ0v) is 9.94. The van der Waals surface area contributed by atoms with Crippen LogP contribution in [-0.4, -0.2) is 63.4 Å². The van der Waals surface area contributed by atoms with Crippen LogP contribution in [0.3, 0.4) is 0 Å². The Balaban J connectivity index is 1.90. The first-order chi connectivity index (χ1) is 7.74. The van der Waals surface area contributed by atoms with E-state index in [0.717, 1.165) is 32.7 Å². The number of rotatable bonds is 4. The molecule has 3 atom stereocenters. The molecule has 2 saturated heterocycles. The number of ether oxygens (including phenoxy) is 2. The molecule has 0 unspecified atom stereocenters. The fourth-order valence-corrected chi connectivity index (χ4v) is 2.60. The molecule has 0 aromatic rings. The molecule has 2 aliphatic rings. The molecule has 5 nitrogen and oxygen atoms in total. The van der Waals surface area contributed by atoms with E-state index >= 15 is 0 Å². The fourth-order valence-electron chi connectivity index (χ4n) is 2.60. The molecule has 2 fully saturated rings. The van der Waals surface area contributed by atoms with E-state index < -0.39 is 0 Å². The van der Waals surface area contributed by atoms with Crippen molar-refractivity contribution in [3.05, 3.63) is 0 Å². The summed E-state index contributed by atoms with van der Waals surface area (Å²) in [6.45, 7) is 3.43. The number of carbonyl (C=O) groups is 1. The molecule has 5 heteroatoms. The molecule has 0 aliphatic carbocycles. The molecule has 2 heterocycles.